The van der Waals surface area contributed by atoms with Gasteiger partial charge in [-0.15, -0.1) is 0 Å². The number of carbonyl (C=O) groups is 2. The van der Waals surface area contributed by atoms with E-state index in [-0.39, 0.29) is 11.4 Å². The Hall–Kier alpha value is -3.98. The standard InChI is InChI=1S/C25H27N5O4/c1-33-20-13-17-8-12-30(15-18(17)14-21(20)34-2)11-7-16-3-5-19(6-4-16)29-25(32)23-22(24(26)31)27-9-10-28-23/h3-6,9-10,13-14H,7-8,11-12,15H2,1-2H3,(H2,26,31)(H,29,32). The zero-order valence-corrected chi connectivity index (χ0v) is 19.2. The largest absolute Gasteiger partial charge is 0.493 e. The molecule has 0 aliphatic carbocycles. The van der Waals surface area contributed by atoms with Crippen LogP contribution in [-0.4, -0.2) is 54.0 Å². The van der Waals surface area contributed by atoms with Gasteiger partial charge in [-0.3, -0.25) is 14.5 Å². The molecule has 0 spiro atoms. The van der Waals surface area contributed by atoms with Gasteiger partial charge in [-0.2, -0.15) is 0 Å². The number of fused-ring (bicyclic) bond motifs is 1. The molecule has 9 nitrogen and oxygen atoms in total. The highest BCUT2D eigenvalue weighted by Gasteiger charge is 2.20. The van der Waals surface area contributed by atoms with Crippen LogP contribution in [0.2, 0.25) is 0 Å². The number of nitrogens with one attached hydrogen (secondary N) is 1. The maximum Gasteiger partial charge on any atom is 0.276 e. The van der Waals surface area contributed by atoms with Crippen LogP contribution in [0.5, 0.6) is 11.5 Å². The monoisotopic (exact) mass is 461 g/mol. The average molecular weight is 462 g/mol. The summed E-state index contributed by atoms with van der Waals surface area (Å²) in [4.78, 5) is 34.2. The molecule has 0 atom stereocenters. The van der Waals surface area contributed by atoms with Crippen molar-refractivity contribution in [1.82, 2.24) is 14.9 Å². The molecule has 0 fully saturated rings. The molecule has 0 radical (unpaired) electrons. The third kappa shape index (κ3) is 5.15. The number of rotatable bonds is 8. The van der Waals surface area contributed by atoms with E-state index in [0.29, 0.717) is 5.69 Å². The molecule has 9 heteroatoms. The van der Waals surface area contributed by atoms with Crippen LogP contribution >= 0.6 is 0 Å². The van der Waals surface area contributed by atoms with Crippen molar-refractivity contribution >= 4 is 17.5 Å². The molecule has 2 amide bonds. The van der Waals surface area contributed by atoms with Crippen LogP contribution in [0, 0.1) is 0 Å². The van der Waals surface area contributed by atoms with Crippen LogP contribution in [0.1, 0.15) is 37.7 Å². The Balaban J connectivity index is 1.34. The van der Waals surface area contributed by atoms with Crippen molar-refractivity contribution in [2.24, 2.45) is 5.73 Å². The Morgan fingerprint density at radius 1 is 1.00 bits per heavy atom. The zero-order chi connectivity index (χ0) is 24.1. The van der Waals surface area contributed by atoms with E-state index in [0.717, 1.165) is 49.5 Å². The Bertz CT molecular complexity index is 1200. The number of amides is 2. The van der Waals surface area contributed by atoms with Gasteiger partial charge >= 0.3 is 0 Å². The second-order valence-electron chi connectivity index (χ2n) is 8.02. The lowest BCUT2D eigenvalue weighted by Gasteiger charge is -2.29. The van der Waals surface area contributed by atoms with E-state index in [1.54, 1.807) is 14.2 Å². The van der Waals surface area contributed by atoms with E-state index in [9.17, 15) is 9.59 Å². The number of nitrogens with two attached hydrogens (primary N) is 1. The molecule has 1 aromatic heterocycles. The fourth-order valence-electron chi connectivity index (χ4n) is 4.05. The highest BCUT2D eigenvalue weighted by molar-refractivity contribution is 6.09. The first kappa shape index (κ1) is 23.2. The number of benzene rings is 2. The highest BCUT2D eigenvalue weighted by Crippen LogP contribution is 2.33. The van der Waals surface area contributed by atoms with Gasteiger partial charge in [0.15, 0.2) is 22.9 Å². The quantitative estimate of drug-likeness (QED) is 0.529. The first-order valence-corrected chi connectivity index (χ1v) is 11.0. The summed E-state index contributed by atoms with van der Waals surface area (Å²) in [6.45, 7) is 2.77. The molecule has 3 N–H and O–H groups in total. The summed E-state index contributed by atoms with van der Waals surface area (Å²) in [5, 5.41) is 2.74. The molecular formula is C25H27N5O4. The lowest BCUT2D eigenvalue weighted by molar-refractivity contribution is 0.0969. The minimum absolute atomic E-state index is 0.0984. The van der Waals surface area contributed by atoms with E-state index < -0.39 is 11.8 Å². The summed E-state index contributed by atoms with van der Waals surface area (Å²) in [6.07, 6.45) is 4.51. The number of methoxy groups -OCH3 is 2. The summed E-state index contributed by atoms with van der Waals surface area (Å²) in [6, 6.07) is 11.8. The number of ether oxygens (including phenoxy) is 2. The fourth-order valence-corrected chi connectivity index (χ4v) is 4.05. The smallest absolute Gasteiger partial charge is 0.276 e. The number of aromatic nitrogens is 2. The van der Waals surface area contributed by atoms with Gasteiger partial charge in [-0.25, -0.2) is 9.97 Å². The van der Waals surface area contributed by atoms with Gasteiger partial charge in [0.05, 0.1) is 14.2 Å². The van der Waals surface area contributed by atoms with Crippen LogP contribution in [0.4, 0.5) is 5.69 Å². The maximum absolute atomic E-state index is 12.5. The van der Waals surface area contributed by atoms with Gasteiger partial charge in [-0.1, -0.05) is 12.1 Å². The molecule has 4 rings (SSSR count). The third-order valence-corrected chi connectivity index (χ3v) is 5.87. The predicted molar refractivity (Wildman–Crippen MR) is 127 cm³/mol. The minimum atomic E-state index is -0.800. The number of carbonyl (C=O) groups excluding carboxylic acids is 2. The van der Waals surface area contributed by atoms with Crippen molar-refractivity contribution in [2.75, 3.05) is 32.6 Å². The minimum Gasteiger partial charge on any atom is -0.493 e. The van der Waals surface area contributed by atoms with Crippen molar-refractivity contribution in [3.05, 3.63) is 76.9 Å². The lowest BCUT2D eigenvalue weighted by atomic mass is 9.98. The summed E-state index contributed by atoms with van der Waals surface area (Å²) in [5.41, 5.74) is 9.35. The number of hydrogen-bond donors (Lipinski definition) is 2. The van der Waals surface area contributed by atoms with E-state index in [2.05, 4.69) is 32.3 Å². The fraction of sp³-hybridized carbons (Fsp3) is 0.280. The number of hydrogen-bond acceptors (Lipinski definition) is 7. The molecule has 2 aromatic carbocycles. The first-order chi connectivity index (χ1) is 16.5. The van der Waals surface area contributed by atoms with Gasteiger partial charge < -0.3 is 20.5 Å². The molecule has 34 heavy (non-hydrogen) atoms. The maximum atomic E-state index is 12.5. The summed E-state index contributed by atoms with van der Waals surface area (Å²) in [7, 11) is 3.31. The molecule has 176 valence electrons. The first-order valence-electron chi connectivity index (χ1n) is 11.0. The van der Waals surface area contributed by atoms with Gasteiger partial charge in [-0.05, 0) is 53.8 Å². The molecule has 0 saturated heterocycles. The van der Waals surface area contributed by atoms with Gasteiger partial charge in [0, 0.05) is 37.7 Å². The second-order valence-corrected chi connectivity index (χ2v) is 8.02. The second kappa shape index (κ2) is 10.3. The predicted octanol–water partition coefficient (Wildman–Crippen LogP) is 2.45. The molecule has 1 aliphatic rings. The van der Waals surface area contributed by atoms with E-state index in [1.807, 2.05) is 24.3 Å². The van der Waals surface area contributed by atoms with Crippen molar-refractivity contribution in [3.8, 4) is 11.5 Å². The SMILES string of the molecule is COc1cc2c(cc1OC)CN(CCc1ccc(NC(=O)c3nccnc3C(N)=O)cc1)CC2. The van der Waals surface area contributed by atoms with E-state index in [4.69, 9.17) is 15.2 Å². The third-order valence-electron chi connectivity index (χ3n) is 5.87. The molecule has 0 bridgehead atoms. The Labute approximate surface area is 197 Å². The van der Waals surface area contributed by atoms with E-state index >= 15 is 0 Å². The van der Waals surface area contributed by atoms with Crippen molar-refractivity contribution in [2.45, 2.75) is 19.4 Å². The Morgan fingerprint density at radius 2 is 1.65 bits per heavy atom. The molecule has 3 aromatic rings. The van der Waals surface area contributed by atoms with Gasteiger partial charge in [0.25, 0.3) is 11.8 Å². The number of anilines is 1. The summed E-state index contributed by atoms with van der Waals surface area (Å²) in [5.74, 6) is 0.192. The highest BCUT2D eigenvalue weighted by atomic mass is 16.5. The van der Waals surface area contributed by atoms with Crippen LogP contribution in [-0.2, 0) is 19.4 Å². The van der Waals surface area contributed by atoms with Crippen LogP contribution in [0.15, 0.2) is 48.8 Å². The zero-order valence-electron chi connectivity index (χ0n) is 19.2. The van der Waals surface area contributed by atoms with Crippen molar-refractivity contribution < 1.29 is 19.1 Å². The van der Waals surface area contributed by atoms with Gasteiger partial charge in [0.2, 0.25) is 0 Å². The molecule has 0 saturated carbocycles. The van der Waals surface area contributed by atoms with Crippen LogP contribution in [0.3, 0.4) is 0 Å². The van der Waals surface area contributed by atoms with Crippen LogP contribution in [0.25, 0.3) is 0 Å². The topological polar surface area (TPSA) is 120 Å². The Morgan fingerprint density at radius 3 is 2.29 bits per heavy atom. The molecular weight excluding hydrogens is 434 g/mol. The van der Waals surface area contributed by atoms with Crippen molar-refractivity contribution in [1.29, 1.82) is 0 Å². The molecule has 0 unspecified atom stereocenters. The number of nitrogens with zero attached hydrogens (tertiary/aromatic N) is 3. The van der Waals surface area contributed by atoms with E-state index in [1.165, 1.54) is 23.5 Å². The van der Waals surface area contributed by atoms with Crippen molar-refractivity contribution in [3.63, 3.8) is 0 Å². The average Bonchev–Trinajstić information content (AvgIpc) is 2.87. The summed E-state index contributed by atoms with van der Waals surface area (Å²) < 4.78 is 10.9. The molecule has 2 heterocycles. The normalized spacial score (nSPS) is 13.1. The van der Waals surface area contributed by atoms with Crippen LogP contribution < -0.4 is 20.5 Å². The van der Waals surface area contributed by atoms with Gasteiger partial charge in [0.1, 0.15) is 0 Å². The number of primary amides is 1. The molecule has 1 aliphatic heterocycles. The lowest BCUT2D eigenvalue weighted by Crippen LogP contribution is -2.32. The summed E-state index contributed by atoms with van der Waals surface area (Å²) >= 11 is 0. The Kier molecular flexibility index (Phi) is 7.03.